The van der Waals surface area contributed by atoms with Gasteiger partial charge in [0.2, 0.25) is 0 Å². The van der Waals surface area contributed by atoms with Crippen molar-refractivity contribution in [2.75, 3.05) is 52.5 Å². The van der Waals surface area contributed by atoms with E-state index in [1.54, 1.807) is 14.2 Å². The van der Waals surface area contributed by atoms with Crippen molar-refractivity contribution in [3.63, 3.8) is 0 Å². The maximum atomic E-state index is 11.2. The fourth-order valence-electron chi connectivity index (χ4n) is 1.45. The molecule has 0 unspecified atom stereocenters. The standard InChI is InChI=1S/C12H20N2O4S/c1-16-6-4-14(5-7-17-2)12-13-10(9-19-12)8-11(15)18-3/h9H,4-8H2,1-3H3. The molecule has 0 aliphatic heterocycles. The number of aromatic nitrogens is 1. The Hall–Kier alpha value is -1.18. The Kier molecular flexibility index (Phi) is 7.39. The molecule has 1 rings (SSSR count). The van der Waals surface area contributed by atoms with Crippen LogP contribution in [0.3, 0.4) is 0 Å². The van der Waals surface area contributed by atoms with Crippen LogP contribution in [0.2, 0.25) is 0 Å². The minimum Gasteiger partial charge on any atom is -0.469 e. The molecule has 0 aliphatic rings. The summed E-state index contributed by atoms with van der Waals surface area (Å²) in [7, 11) is 4.71. The molecule has 0 aliphatic carbocycles. The van der Waals surface area contributed by atoms with E-state index in [4.69, 9.17) is 9.47 Å². The van der Waals surface area contributed by atoms with Gasteiger partial charge in [0.05, 0.1) is 32.4 Å². The van der Waals surface area contributed by atoms with Gasteiger partial charge in [0.15, 0.2) is 5.13 Å². The van der Waals surface area contributed by atoms with Crippen molar-refractivity contribution in [2.45, 2.75) is 6.42 Å². The topological polar surface area (TPSA) is 60.9 Å². The third-order valence-electron chi connectivity index (χ3n) is 2.49. The van der Waals surface area contributed by atoms with Gasteiger partial charge in [0, 0.05) is 32.7 Å². The molecule has 19 heavy (non-hydrogen) atoms. The fraction of sp³-hybridized carbons (Fsp3) is 0.667. The zero-order chi connectivity index (χ0) is 14.1. The average molecular weight is 288 g/mol. The lowest BCUT2D eigenvalue weighted by Crippen LogP contribution is -2.30. The Balaban J connectivity index is 2.64. The first-order valence-corrected chi connectivity index (χ1v) is 6.83. The molecule has 0 atom stereocenters. The van der Waals surface area contributed by atoms with Gasteiger partial charge in [-0.2, -0.15) is 0 Å². The van der Waals surface area contributed by atoms with Crippen LogP contribution in [0.15, 0.2) is 5.38 Å². The van der Waals surface area contributed by atoms with Crippen molar-refractivity contribution in [2.24, 2.45) is 0 Å². The number of carbonyl (C=O) groups is 1. The molecule has 6 nitrogen and oxygen atoms in total. The SMILES string of the molecule is COCCN(CCOC)c1nc(CC(=O)OC)cs1. The van der Waals surface area contributed by atoms with E-state index < -0.39 is 0 Å². The van der Waals surface area contributed by atoms with Crippen LogP contribution in [-0.4, -0.2) is 58.6 Å². The van der Waals surface area contributed by atoms with Gasteiger partial charge < -0.3 is 19.1 Å². The molecule has 0 fully saturated rings. The van der Waals surface area contributed by atoms with Gasteiger partial charge in [-0.25, -0.2) is 4.98 Å². The Morgan fingerprint density at radius 1 is 1.26 bits per heavy atom. The van der Waals surface area contributed by atoms with Gasteiger partial charge >= 0.3 is 5.97 Å². The number of esters is 1. The van der Waals surface area contributed by atoms with Crippen molar-refractivity contribution in [1.82, 2.24) is 4.98 Å². The smallest absolute Gasteiger partial charge is 0.311 e. The molecule has 0 aromatic carbocycles. The van der Waals surface area contributed by atoms with E-state index in [1.165, 1.54) is 18.4 Å². The average Bonchev–Trinajstić information content (AvgIpc) is 2.87. The highest BCUT2D eigenvalue weighted by atomic mass is 32.1. The summed E-state index contributed by atoms with van der Waals surface area (Å²) in [5.41, 5.74) is 0.728. The lowest BCUT2D eigenvalue weighted by molar-refractivity contribution is -0.139. The molecule has 108 valence electrons. The summed E-state index contributed by atoms with van der Waals surface area (Å²) in [6.45, 7) is 2.72. The molecular weight excluding hydrogens is 268 g/mol. The second-order valence-electron chi connectivity index (χ2n) is 3.85. The monoisotopic (exact) mass is 288 g/mol. The van der Waals surface area contributed by atoms with Gasteiger partial charge in [-0.05, 0) is 0 Å². The highest BCUT2D eigenvalue weighted by Crippen LogP contribution is 2.20. The normalized spacial score (nSPS) is 10.5. The van der Waals surface area contributed by atoms with E-state index in [0.29, 0.717) is 13.2 Å². The molecule has 1 aromatic heterocycles. The van der Waals surface area contributed by atoms with Crippen molar-refractivity contribution in [3.8, 4) is 0 Å². The molecule has 0 amide bonds. The zero-order valence-corrected chi connectivity index (χ0v) is 12.4. The summed E-state index contributed by atoms with van der Waals surface area (Å²) in [6.07, 6.45) is 0.204. The molecule has 0 radical (unpaired) electrons. The minimum absolute atomic E-state index is 0.204. The summed E-state index contributed by atoms with van der Waals surface area (Å²) >= 11 is 1.51. The van der Waals surface area contributed by atoms with Gasteiger partial charge in [-0.1, -0.05) is 0 Å². The summed E-state index contributed by atoms with van der Waals surface area (Å²) in [5.74, 6) is -0.280. The molecule has 0 saturated carbocycles. The quantitative estimate of drug-likeness (QED) is 0.631. The third-order valence-corrected chi connectivity index (χ3v) is 3.44. The number of carbonyl (C=O) groups excluding carboxylic acids is 1. The van der Waals surface area contributed by atoms with E-state index in [-0.39, 0.29) is 12.4 Å². The Morgan fingerprint density at radius 3 is 2.42 bits per heavy atom. The van der Waals surface area contributed by atoms with Crippen LogP contribution in [0.1, 0.15) is 5.69 Å². The van der Waals surface area contributed by atoms with E-state index in [0.717, 1.165) is 23.9 Å². The first kappa shape index (κ1) is 15.9. The first-order valence-electron chi connectivity index (χ1n) is 5.95. The second kappa shape index (κ2) is 8.84. The molecule has 7 heteroatoms. The summed E-state index contributed by atoms with van der Waals surface area (Å²) in [5, 5.41) is 2.74. The van der Waals surface area contributed by atoms with Crippen LogP contribution in [0.25, 0.3) is 0 Å². The first-order chi connectivity index (χ1) is 9.21. The van der Waals surface area contributed by atoms with Crippen molar-refractivity contribution in [1.29, 1.82) is 0 Å². The Morgan fingerprint density at radius 2 is 1.89 bits per heavy atom. The molecule has 0 saturated heterocycles. The third kappa shape index (κ3) is 5.54. The number of hydrogen-bond donors (Lipinski definition) is 0. The lowest BCUT2D eigenvalue weighted by atomic mass is 10.3. The van der Waals surface area contributed by atoms with E-state index in [2.05, 4.69) is 14.6 Å². The molecule has 0 N–H and O–H groups in total. The Labute approximate surface area is 117 Å². The number of nitrogens with zero attached hydrogens (tertiary/aromatic N) is 2. The predicted molar refractivity (Wildman–Crippen MR) is 73.8 cm³/mol. The highest BCUT2D eigenvalue weighted by molar-refractivity contribution is 7.13. The van der Waals surface area contributed by atoms with Gasteiger partial charge in [0.1, 0.15) is 0 Å². The Bertz CT molecular complexity index is 376. The van der Waals surface area contributed by atoms with Gasteiger partial charge in [-0.3, -0.25) is 4.79 Å². The van der Waals surface area contributed by atoms with Crippen LogP contribution in [0, 0.1) is 0 Å². The number of methoxy groups -OCH3 is 3. The minimum atomic E-state index is -0.280. The van der Waals surface area contributed by atoms with Crippen molar-refractivity contribution < 1.29 is 19.0 Å². The number of hydrogen-bond acceptors (Lipinski definition) is 7. The molecular formula is C12H20N2O4S. The van der Waals surface area contributed by atoms with Crippen LogP contribution in [0.5, 0.6) is 0 Å². The van der Waals surface area contributed by atoms with Crippen LogP contribution in [-0.2, 0) is 25.4 Å². The van der Waals surface area contributed by atoms with E-state index >= 15 is 0 Å². The molecule has 1 heterocycles. The summed E-state index contributed by atoms with van der Waals surface area (Å²) < 4.78 is 14.8. The van der Waals surface area contributed by atoms with Crippen LogP contribution in [0.4, 0.5) is 5.13 Å². The fourth-order valence-corrected chi connectivity index (χ4v) is 2.33. The van der Waals surface area contributed by atoms with E-state index in [1.807, 2.05) is 5.38 Å². The number of ether oxygens (including phenoxy) is 3. The largest absolute Gasteiger partial charge is 0.469 e. The summed E-state index contributed by atoms with van der Waals surface area (Å²) in [4.78, 5) is 17.7. The molecule has 0 bridgehead atoms. The molecule has 1 aromatic rings. The summed E-state index contributed by atoms with van der Waals surface area (Å²) in [6, 6.07) is 0. The van der Waals surface area contributed by atoms with Gasteiger partial charge in [-0.15, -0.1) is 11.3 Å². The van der Waals surface area contributed by atoms with Gasteiger partial charge in [0.25, 0.3) is 0 Å². The maximum absolute atomic E-state index is 11.2. The second-order valence-corrected chi connectivity index (χ2v) is 4.68. The van der Waals surface area contributed by atoms with E-state index in [9.17, 15) is 4.79 Å². The number of anilines is 1. The van der Waals surface area contributed by atoms with Crippen molar-refractivity contribution in [3.05, 3.63) is 11.1 Å². The molecule has 0 spiro atoms. The van der Waals surface area contributed by atoms with Crippen molar-refractivity contribution >= 4 is 22.4 Å². The zero-order valence-electron chi connectivity index (χ0n) is 11.5. The highest BCUT2D eigenvalue weighted by Gasteiger charge is 2.13. The predicted octanol–water partition coefficient (Wildman–Crippen LogP) is 0.958. The number of thiazole rings is 1. The number of rotatable bonds is 9. The van der Waals surface area contributed by atoms with Crippen LogP contribution >= 0.6 is 11.3 Å². The lowest BCUT2D eigenvalue weighted by Gasteiger charge is -2.20. The van der Waals surface area contributed by atoms with Crippen LogP contribution < -0.4 is 4.90 Å². The maximum Gasteiger partial charge on any atom is 0.311 e.